The van der Waals surface area contributed by atoms with Crippen LogP contribution in [0.4, 0.5) is 5.95 Å². The lowest BCUT2D eigenvalue weighted by Gasteiger charge is -2.15. The van der Waals surface area contributed by atoms with Crippen LogP contribution in [0.5, 0.6) is 0 Å². The van der Waals surface area contributed by atoms with Gasteiger partial charge in [0, 0.05) is 12.7 Å². The number of H-pyrrole nitrogens is 1. The van der Waals surface area contributed by atoms with E-state index in [0.29, 0.717) is 6.54 Å². The van der Waals surface area contributed by atoms with Gasteiger partial charge in [-0.15, -0.1) is 5.10 Å². The Hall–Kier alpha value is -2.44. The van der Waals surface area contributed by atoms with Gasteiger partial charge in [0.2, 0.25) is 11.8 Å². The lowest BCUT2D eigenvalue weighted by Crippen LogP contribution is -2.27. The second-order valence-electron chi connectivity index (χ2n) is 3.97. The molecule has 18 heavy (non-hydrogen) atoms. The third kappa shape index (κ3) is 2.62. The molecule has 0 bridgehead atoms. The highest BCUT2D eigenvalue weighted by Gasteiger charge is 2.16. The van der Waals surface area contributed by atoms with Crippen molar-refractivity contribution in [1.82, 2.24) is 25.1 Å². The molecule has 3 N–H and O–H groups in total. The first-order valence-electron chi connectivity index (χ1n) is 5.42. The molecule has 0 spiro atoms. The van der Waals surface area contributed by atoms with E-state index >= 15 is 0 Å². The predicted molar refractivity (Wildman–Crippen MR) is 65.6 cm³/mol. The molecular formula is C11H14N6O. The Morgan fingerprint density at radius 1 is 1.44 bits per heavy atom. The van der Waals surface area contributed by atoms with Crippen molar-refractivity contribution in [2.45, 2.75) is 13.5 Å². The average molecular weight is 246 g/mol. The zero-order chi connectivity index (χ0) is 13.1. The molecule has 0 aliphatic carbocycles. The Balaban J connectivity index is 2.08. The van der Waals surface area contributed by atoms with Gasteiger partial charge in [-0.25, -0.2) is 0 Å². The number of pyridine rings is 1. The zero-order valence-electron chi connectivity index (χ0n) is 10.2. The van der Waals surface area contributed by atoms with Gasteiger partial charge in [-0.2, -0.15) is 4.98 Å². The van der Waals surface area contributed by atoms with Crippen molar-refractivity contribution in [3.63, 3.8) is 0 Å². The fraction of sp³-hybridized carbons (Fsp3) is 0.273. The molecule has 2 heterocycles. The van der Waals surface area contributed by atoms with Crippen molar-refractivity contribution in [3.8, 4) is 0 Å². The van der Waals surface area contributed by atoms with Crippen LogP contribution in [-0.4, -0.2) is 38.0 Å². The number of carbonyl (C=O) groups excluding carboxylic acids is 1. The Labute approximate surface area is 104 Å². The van der Waals surface area contributed by atoms with Gasteiger partial charge in [0.1, 0.15) is 0 Å². The summed E-state index contributed by atoms with van der Waals surface area (Å²) in [5, 5.41) is 6.11. The number of nitrogens with zero attached hydrogens (tertiary/aromatic N) is 4. The minimum atomic E-state index is -0.275. The molecule has 94 valence electrons. The standard InChI is InChI=1S/C11H14N6O/c1-7-4-3-5-8(13-7)6-17(2)10(18)9-14-11(12)16-15-9/h3-5H,6H2,1-2H3,(H3,12,14,15,16). The summed E-state index contributed by atoms with van der Waals surface area (Å²) >= 11 is 0. The van der Waals surface area contributed by atoms with Crippen LogP contribution in [-0.2, 0) is 6.54 Å². The fourth-order valence-electron chi connectivity index (χ4n) is 1.55. The van der Waals surface area contributed by atoms with E-state index in [1.165, 1.54) is 4.90 Å². The van der Waals surface area contributed by atoms with Crippen molar-refractivity contribution in [2.24, 2.45) is 0 Å². The first kappa shape index (κ1) is 12.0. The SMILES string of the molecule is Cc1cccc(CN(C)C(=O)c2nc(N)n[nH]2)n1. The number of aromatic nitrogens is 4. The van der Waals surface area contributed by atoms with E-state index in [1.807, 2.05) is 25.1 Å². The van der Waals surface area contributed by atoms with Crippen molar-refractivity contribution in [1.29, 1.82) is 0 Å². The Kier molecular flexibility index (Phi) is 3.22. The molecule has 2 aromatic heterocycles. The van der Waals surface area contributed by atoms with Crippen LogP contribution in [0.25, 0.3) is 0 Å². The Bertz CT molecular complexity index is 564. The number of hydrogen-bond acceptors (Lipinski definition) is 5. The lowest BCUT2D eigenvalue weighted by atomic mass is 10.3. The second-order valence-corrected chi connectivity index (χ2v) is 3.97. The highest BCUT2D eigenvalue weighted by Crippen LogP contribution is 2.05. The smallest absolute Gasteiger partial charge is 0.291 e. The molecule has 0 aliphatic rings. The van der Waals surface area contributed by atoms with Gasteiger partial charge in [0.05, 0.1) is 12.2 Å². The molecule has 0 aliphatic heterocycles. The number of aromatic amines is 1. The first-order valence-corrected chi connectivity index (χ1v) is 5.42. The van der Waals surface area contributed by atoms with E-state index < -0.39 is 0 Å². The third-order valence-corrected chi connectivity index (χ3v) is 2.40. The van der Waals surface area contributed by atoms with E-state index in [4.69, 9.17) is 5.73 Å². The summed E-state index contributed by atoms with van der Waals surface area (Å²) < 4.78 is 0. The van der Waals surface area contributed by atoms with Crippen molar-refractivity contribution < 1.29 is 4.79 Å². The number of carbonyl (C=O) groups is 1. The van der Waals surface area contributed by atoms with Crippen molar-refractivity contribution in [2.75, 3.05) is 12.8 Å². The largest absolute Gasteiger partial charge is 0.366 e. The summed E-state index contributed by atoms with van der Waals surface area (Å²) in [6.45, 7) is 2.31. The van der Waals surface area contributed by atoms with Gasteiger partial charge < -0.3 is 10.6 Å². The Morgan fingerprint density at radius 3 is 2.83 bits per heavy atom. The summed E-state index contributed by atoms with van der Waals surface area (Å²) in [7, 11) is 1.67. The quantitative estimate of drug-likeness (QED) is 0.814. The fourth-order valence-corrected chi connectivity index (χ4v) is 1.55. The van der Waals surface area contributed by atoms with Gasteiger partial charge in [-0.3, -0.25) is 14.9 Å². The number of aryl methyl sites for hydroxylation is 1. The van der Waals surface area contributed by atoms with E-state index in [1.54, 1.807) is 7.05 Å². The number of nitrogens with two attached hydrogens (primary N) is 1. The minimum Gasteiger partial charge on any atom is -0.366 e. The normalized spacial score (nSPS) is 10.3. The highest BCUT2D eigenvalue weighted by atomic mass is 16.2. The molecular weight excluding hydrogens is 232 g/mol. The monoisotopic (exact) mass is 246 g/mol. The summed E-state index contributed by atoms with van der Waals surface area (Å²) in [5.74, 6) is -0.0920. The van der Waals surface area contributed by atoms with Crippen molar-refractivity contribution in [3.05, 3.63) is 35.4 Å². The maximum atomic E-state index is 12.0. The van der Waals surface area contributed by atoms with Crippen LogP contribution >= 0.6 is 0 Å². The summed E-state index contributed by atoms with van der Waals surface area (Å²) in [5.41, 5.74) is 7.08. The summed E-state index contributed by atoms with van der Waals surface area (Å²) in [4.78, 5) is 21.6. The van der Waals surface area contributed by atoms with Gasteiger partial charge in [0.15, 0.2) is 0 Å². The second kappa shape index (κ2) is 4.82. The number of hydrogen-bond donors (Lipinski definition) is 2. The van der Waals surface area contributed by atoms with E-state index in [-0.39, 0.29) is 17.7 Å². The van der Waals surface area contributed by atoms with Gasteiger partial charge in [-0.1, -0.05) is 6.07 Å². The van der Waals surface area contributed by atoms with Gasteiger partial charge in [0.25, 0.3) is 5.91 Å². The molecule has 0 aromatic carbocycles. The van der Waals surface area contributed by atoms with Gasteiger partial charge in [-0.05, 0) is 19.1 Å². The van der Waals surface area contributed by atoms with Gasteiger partial charge >= 0.3 is 0 Å². The molecule has 0 unspecified atom stereocenters. The first-order chi connectivity index (χ1) is 8.56. The molecule has 2 aromatic rings. The topological polar surface area (TPSA) is 101 Å². The van der Waals surface area contributed by atoms with Crippen LogP contribution in [0.3, 0.4) is 0 Å². The molecule has 0 atom stereocenters. The molecule has 7 heteroatoms. The molecule has 7 nitrogen and oxygen atoms in total. The molecule has 0 saturated heterocycles. The van der Waals surface area contributed by atoms with Crippen LogP contribution in [0.15, 0.2) is 18.2 Å². The molecule has 1 amide bonds. The number of nitrogens with one attached hydrogen (secondary N) is 1. The maximum Gasteiger partial charge on any atom is 0.291 e. The average Bonchev–Trinajstić information content (AvgIpc) is 2.75. The van der Waals surface area contributed by atoms with Crippen LogP contribution in [0, 0.1) is 6.92 Å². The summed E-state index contributed by atoms with van der Waals surface area (Å²) in [6, 6.07) is 5.68. The number of amides is 1. The van der Waals surface area contributed by atoms with Crippen LogP contribution < -0.4 is 5.73 Å². The number of rotatable bonds is 3. The van der Waals surface area contributed by atoms with Crippen LogP contribution in [0.1, 0.15) is 22.0 Å². The van der Waals surface area contributed by atoms with E-state index in [9.17, 15) is 4.79 Å². The number of nitrogen functional groups attached to an aromatic ring is 1. The molecule has 0 fully saturated rings. The molecule has 0 radical (unpaired) electrons. The number of anilines is 1. The maximum absolute atomic E-state index is 12.0. The molecule has 0 saturated carbocycles. The van der Waals surface area contributed by atoms with Crippen LogP contribution in [0.2, 0.25) is 0 Å². The highest BCUT2D eigenvalue weighted by molar-refractivity contribution is 5.90. The third-order valence-electron chi connectivity index (χ3n) is 2.40. The Morgan fingerprint density at radius 2 is 2.22 bits per heavy atom. The van der Waals surface area contributed by atoms with Crippen molar-refractivity contribution >= 4 is 11.9 Å². The zero-order valence-corrected chi connectivity index (χ0v) is 10.2. The predicted octanol–water partition coefficient (Wildman–Crippen LogP) is 0.363. The summed E-state index contributed by atoms with van der Waals surface area (Å²) in [6.07, 6.45) is 0. The van der Waals surface area contributed by atoms with E-state index in [0.717, 1.165) is 11.4 Å². The molecule has 2 rings (SSSR count). The van der Waals surface area contributed by atoms with E-state index in [2.05, 4.69) is 20.2 Å². The minimum absolute atomic E-state index is 0.0560. The lowest BCUT2D eigenvalue weighted by molar-refractivity contribution is 0.0771.